The maximum absolute atomic E-state index is 11.9. The van der Waals surface area contributed by atoms with Crippen LogP contribution in [0.4, 0.5) is 5.69 Å². The van der Waals surface area contributed by atoms with Gasteiger partial charge >= 0.3 is 0 Å². The summed E-state index contributed by atoms with van der Waals surface area (Å²) in [6.07, 6.45) is 1.01. The van der Waals surface area contributed by atoms with Gasteiger partial charge in [0, 0.05) is 11.4 Å². The van der Waals surface area contributed by atoms with Crippen LogP contribution >= 0.6 is 11.8 Å². The summed E-state index contributed by atoms with van der Waals surface area (Å²) in [7, 11) is 0. The number of carbonyl (C=O) groups is 1. The first-order chi connectivity index (χ1) is 10.2. The second-order valence-electron chi connectivity index (χ2n) is 5.08. The van der Waals surface area contributed by atoms with Crippen molar-refractivity contribution in [2.45, 2.75) is 26.0 Å². The van der Waals surface area contributed by atoms with Crippen molar-refractivity contribution in [1.29, 1.82) is 0 Å². The van der Waals surface area contributed by atoms with Crippen LogP contribution in [0.1, 0.15) is 23.6 Å². The van der Waals surface area contributed by atoms with Gasteiger partial charge in [0.2, 0.25) is 5.91 Å². The minimum absolute atomic E-state index is 0.0527. The van der Waals surface area contributed by atoms with Gasteiger partial charge in [0.05, 0.1) is 5.75 Å². The molecule has 0 aliphatic carbocycles. The van der Waals surface area contributed by atoms with Gasteiger partial charge in [-0.15, -0.1) is 11.8 Å². The highest BCUT2D eigenvalue weighted by Gasteiger charge is 2.03. The fourth-order valence-corrected chi connectivity index (χ4v) is 2.86. The molecule has 21 heavy (non-hydrogen) atoms. The van der Waals surface area contributed by atoms with Crippen molar-refractivity contribution in [3.8, 4) is 0 Å². The second kappa shape index (κ2) is 7.89. The standard InChI is InChI=1S/C18H21NOS/c1-3-15-7-9-17(10-8-15)19-18(20)13-21-12-16-6-4-5-14(2)11-16/h4-11H,3,12-13H2,1-2H3,(H,19,20). The molecule has 0 saturated carbocycles. The van der Waals surface area contributed by atoms with E-state index in [0.717, 1.165) is 17.9 Å². The molecule has 110 valence electrons. The summed E-state index contributed by atoms with van der Waals surface area (Å²) >= 11 is 1.64. The van der Waals surface area contributed by atoms with Crippen LogP contribution in [-0.4, -0.2) is 11.7 Å². The summed E-state index contributed by atoms with van der Waals surface area (Å²) in [5, 5.41) is 2.93. The number of anilines is 1. The molecule has 0 unspecified atom stereocenters. The van der Waals surface area contributed by atoms with Gasteiger partial charge in [-0.2, -0.15) is 0 Å². The Labute approximate surface area is 131 Å². The number of benzene rings is 2. The Morgan fingerprint density at radius 2 is 1.86 bits per heavy atom. The number of carbonyl (C=O) groups excluding carboxylic acids is 1. The molecular formula is C18H21NOS. The molecule has 2 rings (SSSR count). The topological polar surface area (TPSA) is 29.1 Å². The predicted octanol–water partition coefficient (Wildman–Crippen LogP) is 4.43. The number of rotatable bonds is 6. The third-order valence-corrected chi connectivity index (χ3v) is 4.23. The Morgan fingerprint density at radius 1 is 1.10 bits per heavy atom. The van der Waals surface area contributed by atoms with Gasteiger partial charge in [-0.3, -0.25) is 4.79 Å². The smallest absolute Gasteiger partial charge is 0.234 e. The number of hydrogen-bond acceptors (Lipinski definition) is 2. The minimum Gasteiger partial charge on any atom is -0.325 e. The van der Waals surface area contributed by atoms with Crippen LogP contribution in [0.15, 0.2) is 48.5 Å². The van der Waals surface area contributed by atoms with Gasteiger partial charge in [-0.25, -0.2) is 0 Å². The zero-order valence-corrected chi connectivity index (χ0v) is 13.4. The normalized spacial score (nSPS) is 10.4. The maximum Gasteiger partial charge on any atom is 0.234 e. The van der Waals surface area contributed by atoms with Crippen molar-refractivity contribution in [2.24, 2.45) is 0 Å². The average Bonchev–Trinajstić information content (AvgIpc) is 2.48. The average molecular weight is 299 g/mol. The Kier molecular flexibility index (Phi) is 5.88. The van der Waals surface area contributed by atoms with E-state index in [2.05, 4.69) is 55.6 Å². The summed E-state index contributed by atoms with van der Waals surface area (Å²) < 4.78 is 0. The van der Waals surface area contributed by atoms with E-state index < -0.39 is 0 Å². The van der Waals surface area contributed by atoms with Gasteiger partial charge in [-0.1, -0.05) is 48.9 Å². The lowest BCUT2D eigenvalue weighted by atomic mass is 10.1. The lowest BCUT2D eigenvalue weighted by molar-refractivity contribution is -0.113. The van der Waals surface area contributed by atoms with E-state index in [1.54, 1.807) is 11.8 Å². The van der Waals surface area contributed by atoms with Crippen molar-refractivity contribution in [3.05, 3.63) is 65.2 Å². The summed E-state index contributed by atoms with van der Waals surface area (Å²) in [4.78, 5) is 11.9. The SMILES string of the molecule is CCc1ccc(NC(=O)CSCc2cccc(C)c2)cc1. The monoisotopic (exact) mass is 299 g/mol. The molecule has 0 fully saturated rings. The minimum atomic E-state index is 0.0527. The van der Waals surface area contributed by atoms with Crippen molar-refractivity contribution in [2.75, 3.05) is 11.1 Å². The molecule has 1 N–H and O–H groups in total. The van der Waals surface area contributed by atoms with E-state index in [1.165, 1.54) is 16.7 Å². The number of aryl methyl sites for hydroxylation is 2. The van der Waals surface area contributed by atoms with Gasteiger partial charge in [0.15, 0.2) is 0 Å². The van der Waals surface area contributed by atoms with Crippen molar-refractivity contribution in [3.63, 3.8) is 0 Å². The van der Waals surface area contributed by atoms with Gasteiger partial charge < -0.3 is 5.32 Å². The summed E-state index contributed by atoms with van der Waals surface area (Å²) in [5.74, 6) is 1.39. The highest BCUT2D eigenvalue weighted by atomic mass is 32.2. The fourth-order valence-electron chi connectivity index (χ4n) is 2.08. The van der Waals surface area contributed by atoms with Crippen LogP contribution in [0, 0.1) is 6.92 Å². The molecule has 2 aromatic rings. The molecule has 1 amide bonds. The first-order valence-corrected chi connectivity index (χ1v) is 8.35. The van der Waals surface area contributed by atoms with E-state index in [0.29, 0.717) is 5.75 Å². The van der Waals surface area contributed by atoms with Gasteiger partial charge in [-0.05, 0) is 36.6 Å². The van der Waals surface area contributed by atoms with E-state index in [4.69, 9.17) is 0 Å². The zero-order chi connectivity index (χ0) is 15.1. The van der Waals surface area contributed by atoms with E-state index >= 15 is 0 Å². The quantitative estimate of drug-likeness (QED) is 0.855. The van der Waals surface area contributed by atoms with Crippen molar-refractivity contribution in [1.82, 2.24) is 0 Å². The lowest BCUT2D eigenvalue weighted by Gasteiger charge is -2.06. The molecule has 0 spiro atoms. The highest BCUT2D eigenvalue weighted by Crippen LogP contribution is 2.15. The van der Waals surface area contributed by atoms with E-state index in [9.17, 15) is 4.79 Å². The molecule has 0 aromatic heterocycles. The molecule has 3 heteroatoms. The van der Waals surface area contributed by atoms with E-state index in [-0.39, 0.29) is 5.91 Å². The zero-order valence-electron chi connectivity index (χ0n) is 12.6. The predicted molar refractivity (Wildman–Crippen MR) is 91.8 cm³/mol. The number of nitrogens with one attached hydrogen (secondary N) is 1. The van der Waals surface area contributed by atoms with Crippen LogP contribution in [0.25, 0.3) is 0 Å². The van der Waals surface area contributed by atoms with Crippen molar-refractivity contribution >= 4 is 23.4 Å². The summed E-state index contributed by atoms with van der Waals surface area (Å²) in [5.41, 5.74) is 4.67. The molecule has 0 heterocycles. The van der Waals surface area contributed by atoms with E-state index in [1.807, 2.05) is 12.1 Å². The van der Waals surface area contributed by atoms with Crippen LogP contribution < -0.4 is 5.32 Å². The maximum atomic E-state index is 11.9. The third kappa shape index (κ3) is 5.27. The molecule has 0 bridgehead atoms. The molecule has 0 atom stereocenters. The van der Waals surface area contributed by atoms with Crippen LogP contribution in [-0.2, 0) is 17.0 Å². The Bertz CT molecular complexity index is 592. The first kappa shape index (κ1) is 15.6. The molecular weight excluding hydrogens is 278 g/mol. The van der Waals surface area contributed by atoms with Crippen LogP contribution in [0.3, 0.4) is 0 Å². The largest absolute Gasteiger partial charge is 0.325 e. The Hall–Kier alpha value is -1.74. The highest BCUT2D eigenvalue weighted by molar-refractivity contribution is 7.99. The lowest BCUT2D eigenvalue weighted by Crippen LogP contribution is -2.14. The molecule has 2 nitrogen and oxygen atoms in total. The number of hydrogen-bond donors (Lipinski definition) is 1. The van der Waals surface area contributed by atoms with Crippen LogP contribution in [0.5, 0.6) is 0 Å². The fraction of sp³-hybridized carbons (Fsp3) is 0.278. The summed E-state index contributed by atoms with van der Waals surface area (Å²) in [6, 6.07) is 16.4. The molecule has 0 aliphatic heterocycles. The van der Waals surface area contributed by atoms with Crippen molar-refractivity contribution < 1.29 is 4.79 Å². The van der Waals surface area contributed by atoms with Gasteiger partial charge in [0.1, 0.15) is 0 Å². The molecule has 0 radical (unpaired) electrons. The number of thioether (sulfide) groups is 1. The Balaban J connectivity index is 1.76. The number of amides is 1. The second-order valence-corrected chi connectivity index (χ2v) is 6.07. The third-order valence-electron chi connectivity index (χ3n) is 3.23. The molecule has 0 saturated heterocycles. The molecule has 2 aromatic carbocycles. The molecule has 0 aliphatic rings. The Morgan fingerprint density at radius 3 is 2.52 bits per heavy atom. The van der Waals surface area contributed by atoms with Gasteiger partial charge in [0.25, 0.3) is 0 Å². The van der Waals surface area contributed by atoms with Crippen LogP contribution in [0.2, 0.25) is 0 Å². The first-order valence-electron chi connectivity index (χ1n) is 7.19. The summed E-state index contributed by atoms with van der Waals surface area (Å²) in [6.45, 7) is 4.20.